The van der Waals surface area contributed by atoms with Gasteiger partial charge in [0.25, 0.3) is 0 Å². The van der Waals surface area contributed by atoms with Gasteiger partial charge in [-0.1, -0.05) is 37.7 Å². The van der Waals surface area contributed by atoms with E-state index in [1.54, 1.807) is 11.3 Å². The Morgan fingerprint density at radius 3 is 2.66 bits per heavy atom. The molecule has 0 radical (unpaired) electrons. The van der Waals surface area contributed by atoms with Crippen molar-refractivity contribution in [3.05, 3.63) is 51.7 Å². The standard InChI is InChI=1S/C26H31N5O2S2/c1-5-31-24(17(4)33-19-12-10-18(11-13-19)16(2)3)29-30-26(31)34-15-23(32)28-25-21(14-27)20-8-6-7-9-22(20)35-25/h10-13,16-17H,5-9,15H2,1-4H3,(H,28,32). The molecule has 0 saturated heterocycles. The van der Waals surface area contributed by atoms with E-state index in [9.17, 15) is 10.1 Å². The lowest BCUT2D eigenvalue weighted by Gasteiger charge is -2.16. The van der Waals surface area contributed by atoms with Crippen molar-refractivity contribution >= 4 is 34.0 Å². The van der Waals surface area contributed by atoms with E-state index in [4.69, 9.17) is 4.74 Å². The average molecular weight is 510 g/mol. The number of hydrogen-bond acceptors (Lipinski definition) is 7. The second-order valence-corrected chi connectivity index (χ2v) is 11.0. The second kappa shape index (κ2) is 11.3. The van der Waals surface area contributed by atoms with E-state index < -0.39 is 0 Å². The van der Waals surface area contributed by atoms with Crippen LogP contribution in [0.4, 0.5) is 5.00 Å². The fourth-order valence-electron chi connectivity index (χ4n) is 4.26. The molecule has 35 heavy (non-hydrogen) atoms. The smallest absolute Gasteiger partial charge is 0.235 e. The van der Waals surface area contributed by atoms with E-state index in [0.717, 1.165) is 42.8 Å². The molecule has 1 aliphatic rings. The van der Waals surface area contributed by atoms with Crippen molar-refractivity contribution in [3.63, 3.8) is 0 Å². The highest BCUT2D eigenvalue weighted by Crippen LogP contribution is 2.37. The van der Waals surface area contributed by atoms with Gasteiger partial charge in [-0.25, -0.2) is 0 Å². The van der Waals surface area contributed by atoms with Crippen molar-refractivity contribution in [1.29, 1.82) is 5.26 Å². The fraction of sp³-hybridized carbons (Fsp3) is 0.462. The number of thiophene rings is 1. The summed E-state index contributed by atoms with van der Waals surface area (Å²) in [6.07, 6.45) is 3.86. The van der Waals surface area contributed by atoms with E-state index in [-0.39, 0.29) is 17.8 Å². The Morgan fingerprint density at radius 2 is 1.97 bits per heavy atom. The number of nitrogens with one attached hydrogen (secondary N) is 1. The molecule has 9 heteroatoms. The Balaban J connectivity index is 1.39. The largest absolute Gasteiger partial charge is 0.483 e. The van der Waals surface area contributed by atoms with Crippen molar-refractivity contribution in [3.8, 4) is 11.8 Å². The first-order chi connectivity index (χ1) is 16.9. The second-order valence-electron chi connectivity index (χ2n) is 8.93. The molecule has 0 spiro atoms. The molecular weight excluding hydrogens is 478 g/mol. The lowest BCUT2D eigenvalue weighted by atomic mass is 9.96. The maximum absolute atomic E-state index is 12.7. The predicted octanol–water partition coefficient (Wildman–Crippen LogP) is 6.10. The molecular formula is C26H31N5O2S2. The number of nitrogens with zero attached hydrogens (tertiary/aromatic N) is 4. The van der Waals surface area contributed by atoms with Gasteiger partial charge >= 0.3 is 0 Å². The third kappa shape index (κ3) is 5.71. The van der Waals surface area contributed by atoms with Crippen molar-refractivity contribution in [2.24, 2.45) is 0 Å². The number of aryl methyl sites for hydroxylation is 1. The summed E-state index contributed by atoms with van der Waals surface area (Å²) in [6.45, 7) is 8.98. The lowest BCUT2D eigenvalue weighted by molar-refractivity contribution is -0.113. The van der Waals surface area contributed by atoms with Gasteiger partial charge in [-0.3, -0.25) is 4.79 Å². The van der Waals surface area contributed by atoms with E-state index >= 15 is 0 Å². The molecule has 2 aromatic heterocycles. The number of benzene rings is 1. The highest BCUT2D eigenvalue weighted by molar-refractivity contribution is 7.99. The number of carbonyl (C=O) groups is 1. The highest BCUT2D eigenvalue weighted by atomic mass is 32.2. The summed E-state index contributed by atoms with van der Waals surface area (Å²) in [4.78, 5) is 13.9. The third-order valence-electron chi connectivity index (χ3n) is 6.15. The third-order valence-corrected chi connectivity index (χ3v) is 8.33. The van der Waals surface area contributed by atoms with Gasteiger partial charge in [-0.05, 0) is 68.7 Å². The molecule has 184 valence electrons. The minimum Gasteiger partial charge on any atom is -0.483 e. The summed E-state index contributed by atoms with van der Waals surface area (Å²) >= 11 is 2.88. The molecule has 0 saturated carbocycles. The molecule has 7 nitrogen and oxygen atoms in total. The molecule has 1 atom stereocenters. The molecule has 2 heterocycles. The van der Waals surface area contributed by atoms with Gasteiger partial charge in [0.05, 0.1) is 11.3 Å². The van der Waals surface area contributed by atoms with Crippen LogP contribution in [-0.2, 0) is 24.2 Å². The van der Waals surface area contributed by atoms with Crippen LogP contribution in [0.5, 0.6) is 5.75 Å². The van der Waals surface area contributed by atoms with E-state index in [1.807, 2.05) is 30.5 Å². The highest BCUT2D eigenvalue weighted by Gasteiger charge is 2.23. The fourth-order valence-corrected chi connectivity index (χ4v) is 6.32. The number of nitriles is 1. The lowest BCUT2D eigenvalue weighted by Crippen LogP contribution is -2.15. The zero-order chi connectivity index (χ0) is 24.9. The summed E-state index contributed by atoms with van der Waals surface area (Å²) in [5, 5.41) is 22.6. The molecule has 1 unspecified atom stereocenters. The van der Waals surface area contributed by atoms with Crippen LogP contribution in [0.1, 0.15) is 80.0 Å². The van der Waals surface area contributed by atoms with Crippen molar-refractivity contribution in [2.45, 2.75) is 77.1 Å². The molecule has 0 bridgehead atoms. The summed E-state index contributed by atoms with van der Waals surface area (Å²) in [5.41, 5.74) is 3.02. The zero-order valence-corrected chi connectivity index (χ0v) is 22.3. The van der Waals surface area contributed by atoms with Crippen molar-refractivity contribution < 1.29 is 9.53 Å². The summed E-state index contributed by atoms with van der Waals surface area (Å²) in [6, 6.07) is 10.4. The normalized spacial score (nSPS) is 13.8. The molecule has 4 rings (SSSR count). The number of fused-ring (bicyclic) bond motifs is 1. The van der Waals surface area contributed by atoms with Crippen LogP contribution in [0.15, 0.2) is 29.4 Å². The molecule has 1 aliphatic carbocycles. The number of thioether (sulfide) groups is 1. The van der Waals surface area contributed by atoms with Crippen LogP contribution in [-0.4, -0.2) is 26.4 Å². The Kier molecular flexibility index (Phi) is 8.14. The van der Waals surface area contributed by atoms with Crippen molar-refractivity contribution in [2.75, 3.05) is 11.1 Å². The number of aromatic nitrogens is 3. The van der Waals surface area contributed by atoms with E-state index in [0.29, 0.717) is 28.2 Å². The molecule has 1 N–H and O–H groups in total. The molecule has 1 aromatic carbocycles. The number of hydrogen-bond donors (Lipinski definition) is 1. The van der Waals surface area contributed by atoms with Crippen LogP contribution in [0.25, 0.3) is 0 Å². The Labute approximate surface area is 214 Å². The number of rotatable bonds is 9. The van der Waals surface area contributed by atoms with E-state index in [1.165, 1.54) is 22.2 Å². The number of ether oxygens (including phenoxy) is 1. The number of amides is 1. The Bertz CT molecular complexity index is 1220. The average Bonchev–Trinajstić information content (AvgIpc) is 3.43. The number of anilines is 1. The predicted molar refractivity (Wildman–Crippen MR) is 140 cm³/mol. The minimum atomic E-state index is -0.286. The van der Waals surface area contributed by atoms with Crippen LogP contribution in [0, 0.1) is 11.3 Å². The summed E-state index contributed by atoms with van der Waals surface area (Å²) in [5.74, 6) is 2.02. The van der Waals surface area contributed by atoms with Gasteiger partial charge in [0.1, 0.15) is 16.8 Å². The molecule has 1 amide bonds. The van der Waals surface area contributed by atoms with Gasteiger partial charge in [-0.15, -0.1) is 21.5 Å². The van der Waals surface area contributed by atoms with Crippen molar-refractivity contribution in [1.82, 2.24) is 14.8 Å². The first kappa shape index (κ1) is 25.3. The van der Waals surface area contributed by atoms with Crippen LogP contribution in [0.2, 0.25) is 0 Å². The zero-order valence-electron chi connectivity index (χ0n) is 20.6. The Hall–Kier alpha value is -2.83. The maximum Gasteiger partial charge on any atom is 0.235 e. The molecule has 0 fully saturated rings. The SMILES string of the molecule is CCn1c(SCC(=O)Nc2sc3c(c2C#N)CCCC3)nnc1C(C)Oc1ccc(C(C)C)cc1. The van der Waals surface area contributed by atoms with Gasteiger partial charge in [0.15, 0.2) is 17.1 Å². The maximum atomic E-state index is 12.7. The van der Waals surface area contributed by atoms with Crippen LogP contribution < -0.4 is 10.1 Å². The van der Waals surface area contributed by atoms with Gasteiger partial charge in [0.2, 0.25) is 5.91 Å². The summed E-state index contributed by atoms with van der Waals surface area (Å²) in [7, 11) is 0. The first-order valence-electron chi connectivity index (χ1n) is 12.1. The topological polar surface area (TPSA) is 92.8 Å². The molecule has 0 aliphatic heterocycles. The van der Waals surface area contributed by atoms with Gasteiger partial charge < -0.3 is 14.6 Å². The van der Waals surface area contributed by atoms with Crippen LogP contribution in [0.3, 0.4) is 0 Å². The van der Waals surface area contributed by atoms with Gasteiger partial charge in [0, 0.05) is 11.4 Å². The van der Waals surface area contributed by atoms with Crippen LogP contribution >= 0.6 is 23.1 Å². The first-order valence-corrected chi connectivity index (χ1v) is 13.9. The molecule has 3 aromatic rings. The Morgan fingerprint density at radius 1 is 1.23 bits per heavy atom. The number of carbonyl (C=O) groups excluding carboxylic acids is 1. The quantitative estimate of drug-likeness (QED) is 0.350. The monoisotopic (exact) mass is 509 g/mol. The van der Waals surface area contributed by atoms with E-state index in [2.05, 4.69) is 47.6 Å². The van der Waals surface area contributed by atoms with Gasteiger partial charge in [-0.2, -0.15) is 5.26 Å². The summed E-state index contributed by atoms with van der Waals surface area (Å²) < 4.78 is 8.10. The minimum absolute atomic E-state index is 0.146.